The first-order chi connectivity index (χ1) is 14.9. The molecule has 3 heteroatoms. The summed E-state index contributed by atoms with van der Waals surface area (Å²) in [5, 5.41) is 0. The second-order valence-electron chi connectivity index (χ2n) is 11.8. The number of halogens is 2. The Bertz CT molecular complexity index is 1160. The van der Waals surface area contributed by atoms with Crippen molar-refractivity contribution in [1.82, 2.24) is 0 Å². The van der Waals surface area contributed by atoms with E-state index in [1.807, 2.05) is 0 Å². The van der Waals surface area contributed by atoms with Gasteiger partial charge in [-0.05, 0) is 0 Å². The van der Waals surface area contributed by atoms with Gasteiger partial charge in [-0.1, -0.05) is 0 Å². The smallest absolute Gasteiger partial charge is 1.00 e. The molecule has 0 fully saturated rings. The van der Waals surface area contributed by atoms with E-state index in [0.29, 0.717) is 3.63 Å². The first-order valence-electron chi connectivity index (χ1n) is 12.2. The van der Waals surface area contributed by atoms with Gasteiger partial charge in [0, 0.05) is 0 Å². The van der Waals surface area contributed by atoms with Crippen LogP contribution in [0, 0.1) is 0 Å². The van der Waals surface area contributed by atoms with Gasteiger partial charge in [0.25, 0.3) is 0 Å². The molecule has 4 rings (SSSR count). The Balaban J connectivity index is 0.00000204. The van der Waals surface area contributed by atoms with Gasteiger partial charge in [-0.3, -0.25) is 0 Å². The van der Waals surface area contributed by atoms with E-state index in [2.05, 4.69) is 105 Å². The van der Waals surface area contributed by atoms with Gasteiger partial charge < -0.3 is 24.8 Å². The quantitative estimate of drug-likeness (QED) is 0.530. The predicted molar refractivity (Wildman–Crippen MR) is 138 cm³/mol. The van der Waals surface area contributed by atoms with Crippen molar-refractivity contribution in [3.05, 3.63) is 75.9 Å². The Kier molecular flexibility index (Phi) is 9.28. The zero-order valence-corrected chi connectivity index (χ0v) is 26.3. The molecule has 0 aromatic heterocycles. The molecule has 0 saturated carbocycles. The van der Waals surface area contributed by atoms with Crippen LogP contribution in [0.2, 0.25) is 0 Å². The van der Waals surface area contributed by atoms with E-state index in [1.54, 1.807) is 25.5 Å². The fourth-order valence-electron chi connectivity index (χ4n) is 5.36. The fourth-order valence-corrected chi connectivity index (χ4v) is 8.84. The summed E-state index contributed by atoms with van der Waals surface area (Å²) in [6.07, 6.45) is 6.96. The standard InChI is InChI=1S/C28H33.C3H6.2ClH.Zr/c1-8-18-10-9-11-22(18)26-24-17-19-16-20(27(2,3)4)12-13-21(19)23(24)14-15-25(26)28(5,6)7;1-3-2;;;/h9-10,12-17H,8,11H2,1-7H3;1-2H3;2*1H;/q;;;;+2/p-2. The minimum atomic E-state index is -0.756. The third-order valence-electron chi connectivity index (χ3n) is 7.01. The molecule has 0 heterocycles. The maximum Gasteiger partial charge on any atom is -1.00 e. The van der Waals surface area contributed by atoms with Gasteiger partial charge in [0.2, 0.25) is 0 Å². The van der Waals surface area contributed by atoms with E-state index in [0.717, 1.165) is 12.8 Å². The molecule has 0 bridgehead atoms. The molecule has 0 amide bonds. The molecule has 0 spiro atoms. The van der Waals surface area contributed by atoms with E-state index in [1.165, 1.54) is 27.8 Å². The zero-order chi connectivity index (χ0) is 23.4. The summed E-state index contributed by atoms with van der Waals surface area (Å²) in [5.41, 5.74) is 14.3. The Hall–Kier alpha value is -0.747. The second kappa shape index (κ2) is 10.7. The Labute approximate surface area is 231 Å². The van der Waals surface area contributed by atoms with Gasteiger partial charge in [-0.2, -0.15) is 0 Å². The summed E-state index contributed by atoms with van der Waals surface area (Å²) in [6, 6.07) is 12.3. The molecule has 1 atom stereocenters. The Morgan fingerprint density at radius 1 is 0.912 bits per heavy atom. The average Bonchev–Trinajstić information content (AvgIpc) is 3.28. The molecule has 2 aliphatic rings. The van der Waals surface area contributed by atoms with Crippen LogP contribution in [0.3, 0.4) is 0 Å². The predicted octanol–water partition coefficient (Wildman–Crippen LogP) is 2.78. The number of hydrogen-bond donors (Lipinski definition) is 0. The van der Waals surface area contributed by atoms with E-state index in [9.17, 15) is 0 Å². The maximum atomic E-state index is 2.56. The number of rotatable bonds is 3. The van der Waals surface area contributed by atoms with Crippen LogP contribution in [-0.2, 0) is 33.6 Å². The maximum absolute atomic E-state index is 2.56. The second-order valence-corrected chi connectivity index (χ2v) is 16.4. The van der Waals surface area contributed by atoms with Gasteiger partial charge in [-0.25, -0.2) is 0 Å². The average molecular weight is 574 g/mol. The van der Waals surface area contributed by atoms with Gasteiger partial charge >= 0.3 is 208 Å². The van der Waals surface area contributed by atoms with Crippen LogP contribution in [0.15, 0.2) is 48.1 Å². The van der Waals surface area contributed by atoms with Crippen molar-refractivity contribution in [1.29, 1.82) is 0 Å². The molecule has 1 unspecified atom stereocenters. The molecule has 2 aromatic carbocycles. The first kappa shape index (κ1) is 29.5. The van der Waals surface area contributed by atoms with Gasteiger partial charge in [0.15, 0.2) is 0 Å². The summed E-state index contributed by atoms with van der Waals surface area (Å²) in [5.74, 6) is 0. The van der Waals surface area contributed by atoms with E-state index < -0.39 is 22.8 Å². The molecule has 0 N–H and O–H groups in total. The molecule has 0 nitrogen and oxygen atoms in total. The van der Waals surface area contributed by atoms with Crippen LogP contribution in [-0.4, -0.2) is 3.21 Å². The molecule has 0 saturated heterocycles. The third-order valence-corrected chi connectivity index (χ3v) is 10.6. The number of hydrogen-bond acceptors (Lipinski definition) is 0. The van der Waals surface area contributed by atoms with Crippen LogP contribution >= 0.6 is 0 Å². The molecular formula is C31H39Cl2Zr. The number of fused-ring (bicyclic) bond motifs is 3. The van der Waals surface area contributed by atoms with Crippen LogP contribution < -0.4 is 24.8 Å². The third kappa shape index (κ3) is 5.33. The molecule has 2 aliphatic carbocycles. The number of allylic oxidation sites excluding steroid dienone is 4. The normalized spacial score (nSPS) is 16.4. The van der Waals surface area contributed by atoms with Gasteiger partial charge in [0.1, 0.15) is 0 Å². The van der Waals surface area contributed by atoms with Crippen LogP contribution in [0.1, 0.15) is 107 Å². The minimum absolute atomic E-state index is 0. The van der Waals surface area contributed by atoms with E-state index in [-0.39, 0.29) is 35.6 Å². The van der Waals surface area contributed by atoms with Crippen molar-refractivity contribution in [2.45, 2.75) is 89.6 Å². The van der Waals surface area contributed by atoms with Crippen molar-refractivity contribution < 1.29 is 47.6 Å². The summed E-state index contributed by atoms with van der Waals surface area (Å²) in [6.45, 7) is 21.2. The Morgan fingerprint density at radius 3 is 2.12 bits per heavy atom. The monoisotopic (exact) mass is 571 g/mol. The number of benzene rings is 2. The SMILES string of the molecule is CCC1=C(c2c(C(C)(C)C)ccc3c2[CH]([Zr+2]=[C](C)C)c2cc(C(C)(C)C)ccc2-3)CC=C1.[Cl-].[Cl-]. The Morgan fingerprint density at radius 2 is 1.56 bits per heavy atom. The van der Waals surface area contributed by atoms with Crippen LogP contribution in [0.25, 0.3) is 16.7 Å². The minimum Gasteiger partial charge on any atom is -1.00 e. The largest absolute Gasteiger partial charge is 1.00 e. The van der Waals surface area contributed by atoms with E-state index >= 15 is 0 Å². The van der Waals surface area contributed by atoms with Crippen molar-refractivity contribution in [2.24, 2.45) is 0 Å². The van der Waals surface area contributed by atoms with E-state index in [4.69, 9.17) is 0 Å². The first-order valence-corrected chi connectivity index (χ1v) is 14.9. The summed E-state index contributed by atoms with van der Waals surface area (Å²) >= 11 is -0.756. The summed E-state index contributed by atoms with van der Waals surface area (Å²) in [4.78, 5) is 0. The van der Waals surface area contributed by atoms with Crippen molar-refractivity contribution in [3.63, 3.8) is 0 Å². The summed E-state index contributed by atoms with van der Waals surface area (Å²) < 4.78 is 2.29. The molecule has 181 valence electrons. The van der Waals surface area contributed by atoms with Crippen molar-refractivity contribution in [3.8, 4) is 11.1 Å². The topological polar surface area (TPSA) is 0 Å². The van der Waals surface area contributed by atoms with Crippen molar-refractivity contribution >= 4 is 8.78 Å². The summed E-state index contributed by atoms with van der Waals surface area (Å²) in [7, 11) is 0. The van der Waals surface area contributed by atoms with Crippen molar-refractivity contribution in [2.75, 3.05) is 0 Å². The molecular weight excluding hydrogens is 534 g/mol. The molecule has 0 aliphatic heterocycles. The van der Waals surface area contributed by atoms with Gasteiger partial charge in [0.05, 0.1) is 0 Å². The molecule has 2 aromatic rings. The molecule has 0 radical (unpaired) electrons. The van der Waals surface area contributed by atoms with Crippen LogP contribution in [0.4, 0.5) is 0 Å². The molecule has 34 heavy (non-hydrogen) atoms. The fraction of sp³-hybridized carbons (Fsp3) is 0.452. The van der Waals surface area contributed by atoms with Crippen LogP contribution in [0.5, 0.6) is 0 Å². The zero-order valence-electron chi connectivity index (χ0n) is 22.3. The van der Waals surface area contributed by atoms with Gasteiger partial charge in [-0.15, -0.1) is 0 Å².